The summed E-state index contributed by atoms with van der Waals surface area (Å²) in [6, 6.07) is 5.24. The molecule has 0 aliphatic rings. The summed E-state index contributed by atoms with van der Waals surface area (Å²) in [4.78, 5) is 0. The second kappa shape index (κ2) is 6.60. The third kappa shape index (κ3) is 4.06. The number of hydrogen-bond donors (Lipinski definition) is 1. The molecule has 2 nitrogen and oxygen atoms in total. The molecule has 1 aromatic rings. The van der Waals surface area contributed by atoms with Crippen molar-refractivity contribution in [3.8, 4) is 0 Å². The van der Waals surface area contributed by atoms with Gasteiger partial charge in [0.15, 0.2) is 0 Å². The Balaban J connectivity index is 2.69. The highest BCUT2D eigenvalue weighted by Crippen LogP contribution is 2.23. The molecule has 5 heteroatoms. The number of benzene rings is 1. The zero-order chi connectivity index (χ0) is 12.1. The van der Waals surface area contributed by atoms with Crippen LogP contribution in [0.3, 0.4) is 0 Å². The second-order valence-corrected chi connectivity index (χ2v) is 6.35. The largest absolute Gasteiger partial charge is 0.330 e. The molecular weight excluding hydrogens is 265 g/mol. The van der Waals surface area contributed by atoms with Gasteiger partial charge in [-0.3, -0.25) is 4.21 Å². The third-order valence-electron chi connectivity index (χ3n) is 2.33. The van der Waals surface area contributed by atoms with Crippen molar-refractivity contribution in [2.24, 2.45) is 5.73 Å². The van der Waals surface area contributed by atoms with Gasteiger partial charge in [0.1, 0.15) is 0 Å². The van der Waals surface area contributed by atoms with E-state index in [2.05, 4.69) is 0 Å². The fourth-order valence-corrected chi connectivity index (χ4v) is 3.10. The molecule has 0 radical (unpaired) electrons. The molecule has 0 amide bonds. The first-order chi connectivity index (χ1) is 7.54. The molecule has 0 aliphatic heterocycles. The van der Waals surface area contributed by atoms with Crippen LogP contribution in [-0.4, -0.2) is 16.0 Å². The average molecular weight is 280 g/mol. The van der Waals surface area contributed by atoms with Crippen molar-refractivity contribution in [1.82, 2.24) is 0 Å². The van der Waals surface area contributed by atoms with Crippen LogP contribution in [0.4, 0.5) is 0 Å². The van der Waals surface area contributed by atoms with E-state index in [1.165, 1.54) is 0 Å². The summed E-state index contributed by atoms with van der Waals surface area (Å²) in [6.45, 7) is 2.49. The molecule has 2 N–H and O–H groups in total. The summed E-state index contributed by atoms with van der Waals surface area (Å²) in [6.07, 6.45) is 0.762. The molecule has 2 atom stereocenters. The van der Waals surface area contributed by atoms with E-state index in [1.54, 1.807) is 12.1 Å². The van der Waals surface area contributed by atoms with Crippen molar-refractivity contribution in [3.05, 3.63) is 33.8 Å². The zero-order valence-electron chi connectivity index (χ0n) is 9.08. The highest BCUT2D eigenvalue weighted by atomic mass is 35.5. The molecule has 1 rings (SSSR count). The molecular formula is C11H15Cl2NOS. The molecule has 0 saturated carbocycles. The van der Waals surface area contributed by atoms with E-state index in [-0.39, 0.29) is 5.25 Å². The van der Waals surface area contributed by atoms with Gasteiger partial charge < -0.3 is 5.73 Å². The lowest BCUT2D eigenvalue weighted by Crippen LogP contribution is -2.17. The molecule has 0 heterocycles. The van der Waals surface area contributed by atoms with E-state index in [4.69, 9.17) is 28.9 Å². The van der Waals surface area contributed by atoms with Crippen LogP contribution in [0, 0.1) is 0 Å². The zero-order valence-corrected chi connectivity index (χ0v) is 11.4. The molecule has 16 heavy (non-hydrogen) atoms. The van der Waals surface area contributed by atoms with E-state index < -0.39 is 10.8 Å². The van der Waals surface area contributed by atoms with E-state index in [1.807, 2.05) is 13.0 Å². The van der Waals surface area contributed by atoms with Gasteiger partial charge >= 0.3 is 0 Å². The van der Waals surface area contributed by atoms with Gasteiger partial charge in [-0.25, -0.2) is 0 Å². The minimum absolute atomic E-state index is 0.0942. The summed E-state index contributed by atoms with van der Waals surface area (Å²) >= 11 is 11.8. The Morgan fingerprint density at radius 3 is 2.69 bits per heavy atom. The van der Waals surface area contributed by atoms with Gasteiger partial charge in [0.25, 0.3) is 0 Å². The lowest BCUT2D eigenvalue weighted by Gasteiger charge is -2.11. The summed E-state index contributed by atoms with van der Waals surface area (Å²) < 4.78 is 11.9. The molecule has 0 bridgehead atoms. The summed E-state index contributed by atoms with van der Waals surface area (Å²) in [5, 5.41) is 1.26. The van der Waals surface area contributed by atoms with Crippen LogP contribution < -0.4 is 5.73 Å². The molecule has 1 aromatic carbocycles. The number of halogens is 2. The van der Waals surface area contributed by atoms with Gasteiger partial charge in [0, 0.05) is 26.1 Å². The third-order valence-corrected chi connectivity index (χ3v) is 4.65. The van der Waals surface area contributed by atoms with E-state index >= 15 is 0 Å². The smallest absolute Gasteiger partial charge is 0.0503 e. The molecule has 90 valence electrons. The average Bonchev–Trinajstić information content (AvgIpc) is 2.22. The van der Waals surface area contributed by atoms with E-state index in [0.29, 0.717) is 22.3 Å². The first-order valence-electron chi connectivity index (χ1n) is 5.05. The van der Waals surface area contributed by atoms with Crippen LogP contribution in [0.15, 0.2) is 18.2 Å². The molecule has 0 spiro atoms. The molecule has 0 aromatic heterocycles. The predicted octanol–water partition coefficient (Wildman–Crippen LogP) is 2.98. The van der Waals surface area contributed by atoms with Crippen LogP contribution in [0.25, 0.3) is 0 Å². The fourth-order valence-electron chi connectivity index (χ4n) is 1.30. The number of hydrogen-bond acceptors (Lipinski definition) is 2. The Morgan fingerprint density at radius 2 is 2.12 bits per heavy atom. The van der Waals surface area contributed by atoms with Crippen molar-refractivity contribution in [2.45, 2.75) is 24.3 Å². The predicted molar refractivity (Wildman–Crippen MR) is 71.4 cm³/mol. The van der Waals surface area contributed by atoms with Gasteiger partial charge in [-0.2, -0.15) is 0 Å². The Bertz CT molecular complexity index is 384. The number of nitrogens with two attached hydrogens (primary N) is 1. The van der Waals surface area contributed by atoms with Gasteiger partial charge in [-0.15, -0.1) is 0 Å². The highest BCUT2D eigenvalue weighted by molar-refractivity contribution is 7.84. The minimum Gasteiger partial charge on any atom is -0.330 e. The Kier molecular flexibility index (Phi) is 5.76. The lowest BCUT2D eigenvalue weighted by molar-refractivity contribution is 0.665. The van der Waals surface area contributed by atoms with Crippen LogP contribution in [0.1, 0.15) is 18.9 Å². The maximum atomic E-state index is 11.9. The van der Waals surface area contributed by atoms with Crippen molar-refractivity contribution in [1.29, 1.82) is 0 Å². The van der Waals surface area contributed by atoms with Gasteiger partial charge in [0.05, 0.1) is 5.75 Å². The number of rotatable bonds is 5. The maximum Gasteiger partial charge on any atom is 0.0503 e. The monoisotopic (exact) mass is 279 g/mol. The Hall–Kier alpha value is -0.0900. The Labute approximate surface area is 109 Å². The normalized spacial score (nSPS) is 14.8. The van der Waals surface area contributed by atoms with Crippen LogP contribution in [0.2, 0.25) is 10.0 Å². The van der Waals surface area contributed by atoms with E-state index in [0.717, 1.165) is 12.0 Å². The van der Waals surface area contributed by atoms with Crippen LogP contribution in [0.5, 0.6) is 0 Å². The van der Waals surface area contributed by atoms with Gasteiger partial charge in [0.2, 0.25) is 0 Å². The van der Waals surface area contributed by atoms with E-state index in [9.17, 15) is 4.21 Å². The van der Waals surface area contributed by atoms with Crippen molar-refractivity contribution in [3.63, 3.8) is 0 Å². The highest BCUT2D eigenvalue weighted by Gasteiger charge is 2.12. The van der Waals surface area contributed by atoms with Crippen molar-refractivity contribution in [2.75, 3.05) is 6.54 Å². The molecule has 2 unspecified atom stereocenters. The topological polar surface area (TPSA) is 43.1 Å². The standard InChI is InChI=1S/C11H15Cl2NOS/c1-8(4-5-14)16(15)7-9-2-3-10(12)6-11(9)13/h2-3,6,8H,4-5,7,14H2,1H3. The second-order valence-electron chi connectivity index (χ2n) is 3.65. The quantitative estimate of drug-likeness (QED) is 0.901. The first kappa shape index (κ1) is 14.0. The molecule has 0 fully saturated rings. The Morgan fingerprint density at radius 1 is 1.44 bits per heavy atom. The fraction of sp³-hybridized carbons (Fsp3) is 0.455. The van der Waals surface area contributed by atoms with Gasteiger partial charge in [-0.05, 0) is 30.7 Å². The maximum absolute atomic E-state index is 11.9. The van der Waals surface area contributed by atoms with Crippen molar-refractivity contribution >= 4 is 34.0 Å². The van der Waals surface area contributed by atoms with Crippen LogP contribution in [-0.2, 0) is 16.6 Å². The van der Waals surface area contributed by atoms with Crippen LogP contribution >= 0.6 is 23.2 Å². The summed E-state index contributed by atoms with van der Waals surface area (Å²) in [5.74, 6) is 0.456. The molecule has 0 saturated heterocycles. The SMILES string of the molecule is CC(CCN)S(=O)Cc1ccc(Cl)cc1Cl. The van der Waals surface area contributed by atoms with Gasteiger partial charge in [-0.1, -0.05) is 36.2 Å². The minimum atomic E-state index is -0.940. The summed E-state index contributed by atoms with van der Waals surface area (Å²) in [7, 11) is -0.940. The summed E-state index contributed by atoms with van der Waals surface area (Å²) in [5.41, 5.74) is 6.30. The molecule has 0 aliphatic carbocycles. The first-order valence-corrected chi connectivity index (χ1v) is 7.19. The lowest BCUT2D eigenvalue weighted by atomic mass is 10.2. The van der Waals surface area contributed by atoms with Crippen molar-refractivity contribution < 1.29 is 4.21 Å².